The van der Waals surface area contributed by atoms with Crippen LogP contribution in [0.1, 0.15) is 25.0 Å². The Labute approximate surface area is 109 Å². The fraction of sp³-hybridized carbons (Fsp3) is 0.375. The highest BCUT2D eigenvalue weighted by Gasteiger charge is 2.07. The lowest BCUT2D eigenvalue weighted by atomic mass is 10.0. The summed E-state index contributed by atoms with van der Waals surface area (Å²) >= 11 is 0. The smallest absolute Gasteiger partial charge is 0.0463 e. The van der Waals surface area contributed by atoms with Crippen molar-refractivity contribution in [2.75, 3.05) is 14.1 Å². The average Bonchev–Trinajstić information content (AvgIpc) is 2.69. The summed E-state index contributed by atoms with van der Waals surface area (Å²) in [5.41, 5.74) is 3.89. The third-order valence-corrected chi connectivity index (χ3v) is 2.97. The van der Waals surface area contributed by atoms with Crippen molar-refractivity contribution in [1.82, 2.24) is 9.88 Å². The first-order valence-electron chi connectivity index (χ1n) is 6.50. The van der Waals surface area contributed by atoms with Crippen molar-refractivity contribution < 1.29 is 0 Å². The Balaban J connectivity index is 2.48. The zero-order valence-electron chi connectivity index (χ0n) is 11.7. The van der Waals surface area contributed by atoms with Gasteiger partial charge in [-0.05, 0) is 37.2 Å². The zero-order chi connectivity index (χ0) is 13.1. The Morgan fingerprint density at radius 1 is 1.28 bits per heavy atom. The lowest BCUT2D eigenvalue weighted by Gasteiger charge is -2.09. The molecule has 1 heterocycles. The van der Waals surface area contributed by atoms with E-state index < -0.39 is 0 Å². The highest BCUT2D eigenvalue weighted by molar-refractivity contribution is 5.91. The van der Waals surface area contributed by atoms with E-state index in [0.29, 0.717) is 5.92 Å². The van der Waals surface area contributed by atoms with Crippen LogP contribution in [0.15, 0.2) is 30.5 Å². The van der Waals surface area contributed by atoms with Gasteiger partial charge in [-0.1, -0.05) is 38.1 Å². The van der Waals surface area contributed by atoms with Crippen molar-refractivity contribution in [2.24, 2.45) is 5.92 Å². The van der Waals surface area contributed by atoms with Gasteiger partial charge in [0, 0.05) is 23.6 Å². The van der Waals surface area contributed by atoms with Gasteiger partial charge >= 0.3 is 0 Å². The van der Waals surface area contributed by atoms with Crippen LogP contribution in [-0.2, 0) is 6.54 Å². The third-order valence-electron chi connectivity index (χ3n) is 2.97. The molecule has 0 saturated carbocycles. The van der Waals surface area contributed by atoms with Crippen LogP contribution >= 0.6 is 0 Å². The molecule has 18 heavy (non-hydrogen) atoms. The quantitative estimate of drug-likeness (QED) is 0.861. The van der Waals surface area contributed by atoms with Crippen LogP contribution in [0.3, 0.4) is 0 Å². The number of allylic oxidation sites excluding steroid dienone is 1. The second-order valence-electron chi connectivity index (χ2n) is 5.42. The summed E-state index contributed by atoms with van der Waals surface area (Å²) < 4.78 is 0. The van der Waals surface area contributed by atoms with Crippen LogP contribution in [0.25, 0.3) is 17.0 Å². The van der Waals surface area contributed by atoms with Crippen LogP contribution in [0, 0.1) is 5.92 Å². The van der Waals surface area contributed by atoms with Gasteiger partial charge in [0.1, 0.15) is 0 Å². The van der Waals surface area contributed by atoms with E-state index in [1.54, 1.807) is 0 Å². The predicted octanol–water partition coefficient (Wildman–Crippen LogP) is 3.90. The third kappa shape index (κ3) is 2.82. The van der Waals surface area contributed by atoms with E-state index >= 15 is 0 Å². The average molecular weight is 242 g/mol. The normalized spacial score (nSPS) is 12.3. The van der Waals surface area contributed by atoms with Gasteiger partial charge in [0.2, 0.25) is 0 Å². The molecular formula is C16H22N2. The van der Waals surface area contributed by atoms with Gasteiger partial charge in [0.15, 0.2) is 0 Å². The van der Waals surface area contributed by atoms with Crippen molar-refractivity contribution in [2.45, 2.75) is 20.4 Å². The molecule has 2 nitrogen and oxygen atoms in total. The Kier molecular flexibility index (Phi) is 3.87. The largest absolute Gasteiger partial charge is 0.361 e. The van der Waals surface area contributed by atoms with Gasteiger partial charge < -0.3 is 9.88 Å². The van der Waals surface area contributed by atoms with Gasteiger partial charge in [-0.25, -0.2) is 0 Å². The van der Waals surface area contributed by atoms with Crippen LogP contribution in [0.4, 0.5) is 0 Å². The molecule has 0 amide bonds. The molecule has 0 aliphatic carbocycles. The molecule has 0 aliphatic heterocycles. The summed E-state index contributed by atoms with van der Waals surface area (Å²) in [5.74, 6) is 0.580. The summed E-state index contributed by atoms with van der Waals surface area (Å²) in [6, 6.07) is 6.44. The second-order valence-corrected chi connectivity index (χ2v) is 5.42. The number of hydrogen-bond acceptors (Lipinski definition) is 1. The number of benzene rings is 1. The molecular weight excluding hydrogens is 220 g/mol. The summed E-state index contributed by atoms with van der Waals surface area (Å²) in [7, 11) is 4.21. The fourth-order valence-electron chi connectivity index (χ4n) is 2.19. The second kappa shape index (κ2) is 5.40. The standard InChI is InChI=1S/C16H22N2/c1-12(2)8-9-13-6-5-7-15-16(13)14(10-17-15)11-18(3)4/h5-10,12,17H,11H2,1-4H3/b9-8+. The lowest BCUT2D eigenvalue weighted by Crippen LogP contribution is -2.10. The summed E-state index contributed by atoms with van der Waals surface area (Å²) in [6.45, 7) is 5.37. The topological polar surface area (TPSA) is 19.0 Å². The minimum absolute atomic E-state index is 0.580. The molecule has 0 radical (unpaired) electrons. The first-order valence-corrected chi connectivity index (χ1v) is 6.50. The van der Waals surface area contributed by atoms with E-state index in [4.69, 9.17) is 0 Å². The number of nitrogens with one attached hydrogen (secondary N) is 1. The van der Waals surface area contributed by atoms with Crippen molar-refractivity contribution in [3.8, 4) is 0 Å². The summed E-state index contributed by atoms with van der Waals surface area (Å²) in [5, 5.41) is 1.35. The number of fused-ring (bicyclic) bond motifs is 1. The van der Waals surface area contributed by atoms with Crippen LogP contribution < -0.4 is 0 Å². The molecule has 0 spiro atoms. The molecule has 0 saturated heterocycles. The SMILES string of the molecule is CC(C)/C=C/c1cccc2[nH]cc(CN(C)C)c12. The van der Waals surface area contributed by atoms with E-state index in [2.05, 4.69) is 74.4 Å². The number of aromatic nitrogens is 1. The summed E-state index contributed by atoms with van der Waals surface area (Å²) in [4.78, 5) is 5.56. The molecule has 2 heteroatoms. The fourth-order valence-corrected chi connectivity index (χ4v) is 2.19. The molecule has 2 aromatic rings. The van der Waals surface area contributed by atoms with E-state index in [1.165, 1.54) is 22.0 Å². The van der Waals surface area contributed by atoms with Gasteiger partial charge in [-0.2, -0.15) is 0 Å². The Bertz CT molecular complexity index is 547. The number of aromatic amines is 1. The maximum atomic E-state index is 3.36. The molecule has 2 rings (SSSR count). The van der Waals surface area contributed by atoms with Gasteiger partial charge in [-0.3, -0.25) is 0 Å². The number of rotatable bonds is 4. The Morgan fingerprint density at radius 2 is 2.06 bits per heavy atom. The highest BCUT2D eigenvalue weighted by Crippen LogP contribution is 2.24. The zero-order valence-corrected chi connectivity index (χ0v) is 11.7. The van der Waals surface area contributed by atoms with Crippen molar-refractivity contribution in [3.63, 3.8) is 0 Å². The van der Waals surface area contributed by atoms with E-state index in [1.807, 2.05) is 0 Å². The highest BCUT2D eigenvalue weighted by atomic mass is 15.0. The molecule has 0 fully saturated rings. The first kappa shape index (κ1) is 12.9. The Morgan fingerprint density at radius 3 is 2.72 bits per heavy atom. The molecule has 0 atom stereocenters. The maximum Gasteiger partial charge on any atom is 0.0463 e. The predicted molar refractivity (Wildman–Crippen MR) is 79.6 cm³/mol. The number of H-pyrrole nitrogens is 1. The molecule has 0 aliphatic rings. The van der Waals surface area contributed by atoms with Crippen molar-refractivity contribution >= 4 is 17.0 Å². The molecule has 1 aromatic carbocycles. The Hall–Kier alpha value is -1.54. The molecule has 1 N–H and O–H groups in total. The monoisotopic (exact) mass is 242 g/mol. The number of nitrogens with zero attached hydrogens (tertiary/aromatic N) is 1. The minimum Gasteiger partial charge on any atom is -0.361 e. The van der Waals surface area contributed by atoms with Crippen LogP contribution in [0.2, 0.25) is 0 Å². The minimum atomic E-state index is 0.580. The number of hydrogen-bond donors (Lipinski definition) is 1. The van der Waals surface area contributed by atoms with E-state index in [9.17, 15) is 0 Å². The lowest BCUT2D eigenvalue weighted by molar-refractivity contribution is 0.404. The van der Waals surface area contributed by atoms with E-state index in [0.717, 1.165) is 6.54 Å². The van der Waals surface area contributed by atoms with Gasteiger partial charge in [0.25, 0.3) is 0 Å². The molecule has 0 unspecified atom stereocenters. The van der Waals surface area contributed by atoms with Crippen LogP contribution in [0.5, 0.6) is 0 Å². The summed E-state index contributed by atoms with van der Waals surface area (Å²) in [6.07, 6.45) is 6.61. The van der Waals surface area contributed by atoms with Gasteiger partial charge in [-0.15, -0.1) is 0 Å². The van der Waals surface area contributed by atoms with E-state index in [-0.39, 0.29) is 0 Å². The van der Waals surface area contributed by atoms with Crippen molar-refractivity contribution in [3.05, 3.63) is 41.6 Å². The van der Waals surface area contributed by atoms with Gasteiger partial charge in [0.05, 0.1) is 0 Å². The van der Waals surface area contributed by atoms with Crippen LogP contribution in [-0.4, -0.2) is 24.0 Å². The molecule has 0 bridgehead atoms. The molecule has 96 valence electrons. The molecule has 1 aromatic heterocycles. The maximum absolute atomic E-state index is 3.36. The van der Waals surface area contributed by atoms with Crippen molar-refractivity contribution in [1.29, 1.82) is 0 Å². The first-order chi connectivity index (χ1) is 8.58.